The number of benzene rings is 1. The third-order valence-electron chi connectivity index (χ3n) is 3.38. The van der Waals surface area contributed by atoms with E-state index in [2.05, 4.69) is 15.9 Å². The number of hydrogen-bond acceptors (Lipinski definition) is 2. The Morgan fingerprint density at radius 3 is 2.40 bits per heavy atom. The van der Waals surface area contributed by atoms with Gasteiger partial charge >= 0.3 is 6.09 Å². The van der Waals surface area contributed by atoms with Crippen LogP contribution in [0.5, 0.6) is 0 Å². The molecule has 1 fully saturated rings. The molecule has 0 spiro atoms. The number of halogens is 3. The second-order valence-electron chi connectivity index (χ2n) is 4.92. The molecule has 1 aliphatic heterocycles. The third kappa shape index (κ3) is 4.54. The molecule has 0 aliphatic carbocycles. The average Bonchev–Trinajstić information content (AvgIpc) is 2.44. The van der Waals surface area contributed by atoms with Crippen LogP contribution in [0, 0.1) is 5.92 Å². The minimum absolute atomic E-state index is 0.192. The van der Waals surface area contributed by atoms with Gasteiger partial charge in [0.2, 0.25) is 0 Å². The van der Waals surface area contributed by atoms with Crippen molar-refractivity contribution in [1.29, 1.82) is 0 Å². The number of nitrogens with zero attached hydrogens (tertiary/aromatic N) is 1. The van der Waals surface area contributed by atoms with Gasteiger partial charge in [0.15, 0.2) is 0 Å². The number of ether oxygens (including phenoxy) is 1. The Morgan fingerprint density at radius 1 is 1.25 bits per heavy atom. The number of carbonyl (C=O) groups is 1. The van der Waals surface area contributed by atoms with Gasteiger partial charge in [0.25, 0.3) is 0 Å². The van der Waals surface area contributed by atoms with Gasteiger partial charge < -0.3 is 9.64 Å². The molecular weight excluding hydrogens is 365 g/mol. The summed E-state index contributed by atoms with van der Waals surface area (Å²) in [4.78, 5) is 13.7. The average molecular weight is 381 g/mol. The van der Waals surface area contributed by atoms with E-state index < -0.39 is 0 Å². The molecule has 1 saturated heterocycles. The van der Waals surface area contributed by atoms with Crippen LogP contribution < -0.4 is 0 Å². The highest BCUT2D eigenvalue weighted by Gasteiger charge is 2.23. The molecule has 1 amide bonds. The molecule has 0 atom stereocenters. The summed E-state index contributed by atoms with van der Waals surface area (Å²) in [5.74, 6) is 0.658. The Balaban J connectivity index is 1.83. The minimum atomic E-state index is -0.269. The summed E-state index contributed by atoms with van der Waals surface area (Å²) in [7, 11) is 0. The van der Waals surface area contributed by atoms with Gasteiger partial charge in [-0.05, 0) is 42.5 Å². The fourth-order valence-corrected chi connectivity index (χ4v) is 3.42. The molecule has 1 aromatic carbocycles. The van der Waals surface area contributed by atoms with Crippen molar-refractivity contribution in [3.63, 3.8) is 0 Å². The van der Waals surface area contributed by atoms with Crippen molar-refractivity contribution in [2.75, 3.05) is 18.4 Å². The van der Waals surface area contributed by atoms with Crippen LogP contribution in [0.4, 0.5) is 4.79 Å². The predicted molar refractivity (Wildman–Crippen MR) is 84.7 cm³/mol. The van der Waals surface area contributed by atoms with Gasteiger partial charge in [-0.3, -0.25) is 0 Å². The summed E-state index contributed by atoms with van der Waals surface area (Å²) in [6.45, 7) is 1.70. The molecule has 0 radical (unpaired) electrons. The zero-order valence-corrected chi connectivity index (χ0v) is 14.0. The number of alkyl halides is 1. The van der Waals surface area contributed by atoms with E-state index in [1.165, 1.54) is 0 Å². The smallest absolute Gasteiger partial charge is 0.410 e. The van der Waals surface area contributed by atoms with Crippen molar-refractivity contribution in [1.82, 2.24) is 4.90 Å². The van der Waals surface area contributed by atoms with Crippen LogP contribution in [-0.2, 0) is 11.3 Å². The van der Waals surface area contributed by atoms with Gasteiger partial charge in [-0.15, -0.1) is 0 Å². The molecule has 3 nitrogen and oxygen atoms in total. The lowest BCUT2D eigenvalue weighted by Gasteiger charge is -2.30. The second kappa shape index (κ2) is 7.53. The van der Waals surface area contributed by atoms with Crippen molar-refractivity contribution in [2.45, 2.75) is 19.4 Å². The molecule has 0 N–H and O–H groups in total. The standard InChI is InChI=1S/C14H16BrCl2NO2/c15-8-10-1-3-18(4-2-10)14(19)20-9-11-5-12(16)7-13(17)6-11/h5-7,10H,1-4,8-9H2. The Hall–Kier alpha value is -0.450. The van der Waals surface area contributed by atoms with Crippen LogP contribution in [0.25, 0.3) is 0 Å². The van der Waals surface area contributed by atoms with Gasteiger partial charge in [0, 0.05) is 28.5 Å². The highest BCUT2D eigenvalue weighted by molar-refractivity contribution is 9.09. The van der Waals surface area contributed by atoms with Crippen LogP contribution in [0.3, 0.4) is 0 Å². The van der Waals surface area contributed by atoms with Crippen molar-refractivity contribution < 1.29 is 9.53 Å². The Kier molecular flexibility index (Phi) is 6.00. The highest BCUT2D eigenvalue weighted by atomic mass is 79.9. The fraction of sp³-hybridized carbons (Fsp3) is 0.500. The van der Waals surface area contributed by atoms with Crippen molar-refractivity contribution in [3.8, 4) is 0 Å². The molecular formula is C14H16BrCl2NO2. The zero-order chi connectivity index (χ0) is 14.5. The van der Waals surface area contributed by atoms with Crippen LogP contribution >= 0.6 is 39.1 Å². The van der Waals surface area contributed by atoms with E-state index >= 15 is 0 Å². The summed E-state index contributed by atoms with van der Waals surface area (Å²) < 4.78 is 5.30. The molecule has 1 aromatic rings. The van der Waals surface area contributed by atoms with E-state index in [9.17, 15) is 4.79 Å². The number of likely N-dealkylation sites (tertiary alicyclic amines) is 1. The predicted octanol–water partition coefficient (Wildman–Crippen LogP) is 4.74. The number of piperidine rings is 1. The van der Waals surface area contributed by atoms with Gasteiger partial charge in [0.05, 0.1) is 0 Å². The SMILES string of the molecule is O=C(OCc1cc(Cl)cc(Cl)c1)N1CCC(CBr)CC1. The van der Waals surface area contributed by atoms with Crippen LogP contribution in [-0.4, -0.2) is 29.4 Å². The van der Waals surface area contributed by atoms with Gasteiger partial charge in [-0.1, -0.05) is 39.1 Å². The fourth-order valence-electron chi connectivity index (χ4n) is 2.20. The summed E-state index contributed by atoms with van der Waals surface area (Å²) in [6.07, 6.45) is 1.77. The van der Waals surface area contributed by atoms with Gasteiger partial charge in [-0.25, -0.2) is 4.79 Å². The Labute approximate surface area is 137 Å². The lowest BCUT2D eigenvalue weighted by atomic mass is 10.00. The second-order valence-corrected chi connectivity index (χ2v) is 6.44. The molecule has 110 valence electrons. The van der Waals surface area contributed by atoms with E-state index in [0.717, 1.165) is 36.8 Å². The molecule has 6 heteroatoms. The lowest BCUT2D eigenvalue weighted by molar-refractivity contribution is 0.0841. The lowest BCUT2D eigenvalue weighted by Crippen LogP contribution is -2.39. The highest BCUT2D eigenvalue weighted by Crippen LogP contribution is 2.21. The van der Waals surface area contributed by atoms with E-state index in [1.807, 2.05) is 0 Å². The first kappa shape index (κ1) is 15.9. The summed E-state index contributed by atoms with van der Waals surface area (Å²) in [6, 6.07) is 5.15. The van der Waals surface area contributed by atoms with Crippen molar-refractivity contribution >= 4 is 45.2 Å². The van der Waals surface area contributed by atoms with Crippen molar-refractivity contribution in [3.05, 3.63) is 33.8 Å². The minimum Gasteiger partial charge on any atom is -0.445 e. The molecule has 0 aromatic heterocycles. The summed E-state index contributed by atoms with van der Waals surface area (Å²) >= 11 is 15.3. The first-order chi connectivity index (χ1) is 9.58. The first-order valence-corrected chi connectivity index (χ1v) is 8.39. The van der Waals surface area contributed by atoms with Gasteiger partial charge in [0.1, 0.15) is 6.61 Å². The van der Waals surface area contributed by atoms with Crippen LogP contribution in [0.15, 0.2) is 18.2 Å². The maximum atomic E-state index is 12.0. The third-order valence-corrected chi connectivity index (χ3v) is 4.73. The van der Waals surface area contributed by atoms with Crippen LogP contribution in [0.1, 0.15) is 18.4 Å². The summed E-state index contributed by atoms with van der Waals surface area (Å²) in [5.41, 5.74) is 0.797. The molecule has 20 heavy (non-hydrogen) atoms. The molecule has 2 rings (SSSR count). The maximum absolute atomic E-state index is 12.0. The van der Waals surface area contributed by atoms with E-state index in [0.29, 0.717) is 16.0 Å². The topological polar surface area (TPSA) is 29.5 Å². The Morgan fingerprint density at radius 2 is 1.85 bits per heavy atom. The van der Waals surface area contributed by atoms with E-state index in [-0.39, 0.29) is 12.7 Å². The van der Waals surface area contributed by atoms with E-state index in [1.54, 1.807) is 23.1 Å². The molecule has 0 saturated carbocycles. The Bertz CT molecular complexity index is 456. The number of amides is 1. The zero-order valence-electron chi connectivity index (χ0n) is 10.9. The molecule has 1 heterocycles. The van der Waals surface area contributed by atoms with E-state index in [4.69, 9.17) is 27.9 Å². The number of carbonyl (C=O) groups excluding carboxylic acids is 1. The molecule has 0 unspecified atom stereocenters. The van der Waals surface area contributed by atoms with Gasteiger partial charge in [-0.2, -0.15) is 0 Å². The number of rotatable bonds is 3. The first-order valence-electron chi connectivity index (χ1n) is 6.51. The molecule has 0 bridgehead atoms. The largest absolute Gasteiger partial charge is 0.445 e. The van der Waals surface area contributed by atoms with Crippen molar-refractivity contribution in [2.24, 2.45) is 5.92 Å². The normalized spacial score (nSPS) is 16.2. The maximum Gasteiger partial charge on any atom is 0.410 e. The number of hydrogen-bond donors (Lipinski definition) is 0. The summed E-state index contributed by atoms with van der Waals surface area (Å²) in [5, 5.41) is 2.08. The monoisotopic (exact) mass is 379 g/mol. The quantitative estimate of drug-likeness (QED) is 0.709. The molecule has 1 aliphatic rings. The van der Waals surface area contributed by atoms with Crippen LogP contribution in [0.2, 0.25) is 10.0 Å².